The lowest BCUT2D eigenvalue weighted by molar-refractivity contribution is 0.589. The molecule has 8 rings (SSSR count). The Labute approximate surface area is 293 Å². The van der Waals surface area contributed by atoms with Gasteiger partial charge in [-0.1, -0.05) is 154 Å². The minimum atomic E-state index is -0.121. The normalized spacial score (nSPS) is 15.5. The molecule has 1 heteroatoms. The number of fused-ring (bicyclic) bond motifs is 7. The zero-order chi connectivity index (χ0) is 34.7. The molecule has 0 saturated heterocycles. The van der Waals surface area contributed by atoms with Crippen molar-refractivity contribution in [1.29, 1.82) is 0 Å². The molecule has 0 heterocycles. The van der Waals surface area contributed by atoms with Gasteiger partial charge < -0.3 is 4.90 Å². The minimum absolute atomic E-state index is 0.0201. The van der Waals surface area contributed by atoms with Gasteiger partial charge in [0.25, 0.3) is 0 Å². The number of hydrogen-bond donors (Lipinski definition) is 0. The lowest BCUT2D eigenvalue weighted by Gasteiger charge is -2.32. The first-order valence-corrected chi connectivity index (χ1v) is 18.0. The van der Waals surface area contributed by atoms with Crippen LogP contribution < -0.4 is 4.90 Å². The Balaban J connectivity index is 1.41. The van der Waals surface area contributed by atoms with Gasteiger partial charge in [-0.15, -0.1) is 0 Å². The van der Waals surface area contributed by atoms with E-state index < -0.39 is 0 Å². The average molecular weight is 640 g/mol. The van der Waals surface area contributed by atoms with Crippen molar-refractivity contribution in [2.45, 2.75) is 90.9 Å². The van der Waals surface area contributed by atoms with E-state index in [1.165, 1.54) is 83.5 Å². The highest BCUT2D eigenvalue weighted by Gasteiger charge is 2.40. The van der Waals surface area contributed by atoms with E-state index in [2.05, 4.69) is 189 Å². The van der Waals surface area contributed by atoms with E-state index in [0.717, 1.165) is 0 Å². The van der Waals surface area contributed by atoms with Gasteiger partial charge in [0.2, 0.25) is 0 Å². The molecule has 0 aliphatic heterocycles. The highest BCUT2D eigenvalue weighted by molar-refractivity contribution is 6.02. The average Bonchev–Trinajstić information content (AvgIpc) is 3.43. The van der Waals surface area contributed by atoms with Gasteiger partial charge in [0.05, 0.1) is 5.69 Å². The van der Waals surface area contributed by atoms with E-state index in [9.17, 15) is 0 Å². The van der Waals surface area contributed by atoms with E-state index >= 15 is 0 Å². The summed E-state index contributed by atoms with van der Waals surface area (Å²) in [5.41, 5.74) is 17.3. The van der Waals surface area contributed by atoms with Crippen molar-refractivity contribution in [3.8, 4) is 22.3 Å². The van der Waals surface area contributed by atoms with Gasteiger partial charge in [-0.25, -0.2) is 0 Å². The second kappa shape index (κ2) is 10.4. The molecule has 6 aromatic rings. The fraction of sp³-hybridized carbons (Fsp3) is 0.292. The summed E-state index contributed by atoms with van der Waals surface area (Å²) in [6.45, 7) is 23.6. The third-order valence-electron chi connectivity index (χ3n) is 11.5. The van der Waals surface area contributed by atoms with Crippen molar-refractivity contribution in [3.63, 3.8) is 0 Å². The number of anilines is 3. The number of hydrogen-bond acceptors (Lipinski definition) is 1. The van der Waals surface area contributed by atoms with E-state index in [-0.39, 0.29) is 21.7 Å². The molecule has 0 amide bonds. The summed E-state index contributed by atoms with van der Waals surface area (Å²) in [6.07, 6.45) is 0. The second-order valence-corrected chi connectivity index (χ2v) is 17.5. The molecule has 0 unspecified atom stereocenters. The molecule has 0 atom stereocenters. The summed E-state index contributed by atoms with van der Waals surface area (Å²) < 4.78 is 0. The predicted octanol–water partition coefficient (Wildman–Crippen LogP) is 13.5. The van der Waals surface area contributed by atoms with E-state index in [0.29, 0.717) is 0 Å². The van der Waals surface area contributed by atoms with Gasteiger partial charge in [0, 0.05) is 27.6 Å². The van der Waals surface area contributed by atoms with Crippen molar-refractivity contribution in [2.75, 3.05) is 4.90 Å². The first kappa shape index (κ1) is 31.6. The van der Waals surface area contributed by atoms with Gasteiger partial charge >= 0.3 is 0 Å². The van der Waals surface area contributed by atoms with Crippen molar-refractivity contribution in [1.82, 2.24) is 0 Å². The molecule has 1 nitrogen and oxygen atoms in total. The van der Waals surface area contributed by atoms with E-state index in [4.69, 9.17) is 0 Å². The van der Waals surface area contributed by atoms with Gasteiger partial charge in [-0.05, 0) is 102 Å². The van der Waals surface area contributed by atoms with E-state index in [1.54, 1.807) is 0 Å². The van der Waals surface area contributed by atoms with Crippen molar-refractivity contribution < 1.29 is 0 Å². The zero-order valence-corrected chi connectivity index (χ0v) is 30.9. The molecule has 0 spiro atoms. The Morgan fingerprint density at radius 2 is 0.959 bits per heavy atom. The van der Waals surface area contributed by atoms with Crippen LogP contribution in [-0.2, 0) is 21.7 Å². The largest absolute Gasteiger partial charge is 0.310 e. The fourth-order valence-corrected chi connectivity index (χ4v) is 8.93. The minimum Gasteiger partial charge on any atom is -0.310 e. The van der Waals surface area contributed by atoms with Crippen molar-refractivity contribution >= 4 is 27.8 Å². The summed E-state index contributed by atoms with van der Waals surface area (Å²) in [4.78, 5) is 2.54. The highest BCUT2D eigenvalue weighted by Crippen LogP contribution is 2.55. The fourth-order valence-electron chi connectivity index (χ4n) is 8.93. The molecule has 2 aliphatic carbocycles. The SMILES string of the molecule is CC(C)(C)c1cccc2c1-c1ccc(N(c3ccc4c(c3)C(C)(C)c3ccccc3-4)c3cccc4cccc(C(C)(C)C)c34)cc1C2(C)C. The predicted molar refractivity (Wildman–Crippen MR) is 211 cm³/mol. The van der Waals surface area contributed by atoms with Crippen LogP contribution in [0.4, 0.5) is 17.1 Å². The van der Waals surface area contributed by atoms with Crippen LogP contribution >= 0.6 is 0 Å². The molecular formula is C48H49N. The number of benzene rings is 6. The molecule has 0 bridgehead atoms. The summed E-state index contributed by atoms with van der Waals surface area (Å²) in [5, 5.41) is 2.59. The Morgan fingerprint density at radius 3 is 1.63 bits per heavy atom. The van der Waals surface area contributed by atoms with Crippen LogP contribution in [0.2, 0.25) is 0 Å². The molecule has 6 aromatic carbocycles. The quantitative estimate of drug-likeness (QED) is 0.186. The lowest BCUT2D eigenvalue weighted by atomic mass is 9.79. The third kappa shape index (κ3) is 4.65. The Bertz CT molecular complexity index is 2290. The first-order chi connectivity index (χ1) is 23.1. The monoisotopic (exact) mass is 639 g/mol. The summed E-state index contributed by atoms with van der Waals surface area (Å²) in [7, 11) is 0. The summed E-state index contributed by atoms with van der Waals surface area (Å²) in [5.74, 6) is 0. The molecule has 0 radical (unpaired) electrons. The van der Waals surface area contributed by atoms with Crippen molar-refractivity contribution in [2.24, 2.45) is 0 Å². The zero-order valence-electron chi connectivity index (χ0n) is 30.9. The van der Waals surface area contributed by atoms with Gasteiger partial charge in [-0.3, -0.25) is 0 Å². The van der Waals surface area contributed by atoms with Crippen LogP contribution in [0.15, 0.2) is 115 Å². The molecule has 246 valence electrons. The van der Waals surface area contributed by atoms with E-state index in [1.807, 2.05) is 0 Å². The van der Waals surface area contributed by atoms with Crippen LogP contribution in [0, 0.1) is 0 Å². The standard InChI is InChI=1S/C48H49N/c1-45(2,3)37-20-13-16-30-17-14-23-42(43(30)37)49(31-24-26-34-33-18-11-12-19-36(33)47(7,8)40(34)28-31)32-25-27-35-41(29-32)48(9,10)39-22-15-21-38(44(35)39)46(4,5)6/h11-29H,1-10H3. The van der Waals surface area contributed by atoms with Crippen LogP contribution in [0.5, 0.6) is 0 Å². The number of rotatable bonds is 3. The van der Waals surface area contributed by atoms with Gasteiger partial charge in [0.15, 0.2) is 0 Å². The Kier molecular flexibility index (Phi) is 6.74. The Hall–Kier alpha value is -4.62. The molecule has 0 saturated carbocycles. The van der Waals surface area contributed by atoms with Crippen LogP contribution in [-0.4, -0.2) is 0 Å². The number of nitrogens with zero attached hydrogens (tertiary/aromatic N) is 1. The molecule has 2 aliphatic rings. The maximum absolute atomic E-state index is 2.54. The van der Waals surface area contributed by atoms with Gasteiger partial charge in [0.1, 0.15) is 0 Å². The third-order valence-corrected chi connectivity index (χ3v) is 11.5. The van der Waals surface area contributed by atoms with Crippen LogP contribution in [0.25, 0.3) is 33.0 Å². The van der Waals surface area contributed by atoms with Crippen molar-refractivity contribution in [3.05, 3.63) is 149 Å². The molecule has 0 N–H and O–H groups in total. The summed E-state index contributed by atoms with van der Waals surface area (Å²) in [6, 6.07) is 44.0. The van der Waals surface area contributed by atoms with Crippen LogP contribution in [0.1, 0.15) is 103 Å². The first-order valence-electron chi connectivity index (χ1n) is 18.0. The maximum Gasteiger partial charge on any atom is 0.0543 e. The second-order valence-electron chi connectivity index (χ2n) is 17.5. The Morgan fingerprint density at radius 1 is 0.449 bits per heavy atom. The topological polar surface area (TPSA) is 3.24 Å². The maximum atomic E-state index is 2.54. The molecule has 0 aromatic heterocycles. The smallest absolute Gasteiger partial charge is 0.0543 e. The van der Waals surface area contributed by atoms with Crippen LogP contribution in [0.3, 0.4) is 0 Å². The highest BCUT2D eigenvalue weighted by atomic mass is 15.1. The summed E-state index contributed by atoms with van der Waals surface area (Å²) >= 11 is 0. The van der Waals surface area contributed by atoms with Gasteiger partial charge in [-0.2, -0.15) is 0 Å². The molecule has 0 fully saturated rings. The lowest BCUT2D eigenvalue weighted by Crippen LogP contribution is -2.19. The molecule has 49 heavy (non-hydrogen) atoms. The molecular weight excluding hydrogens is 591 g/mol.